The van der Waals surface area contributed by atoms with Gasteiger partial charge in [0, 0.05) is 60.2 Å². The number of nitrogens with zero attached hydrogens (tertiary/aromatic N) is 6. The van der Waals surface area contributed by atoms with E-state index in [2.05, 4.69) is 42.8 Å². The minimum Gasteiger partial charge on any atom is -0.356 e. The lowest BCUT2D eigenvalue weighted by atomic mass is 10.0. The number of carbonyl (C=O) groups excluding carboxylic acids is 1. The lowest BCUT2D eigenvalue weighted by Crippen LogP contribution is -2.36. The first-order valence-corrected chi connectivity index (χ1v) is 10.9. The fourth-order valence-electron chi connectivity index (χ4n) is 4.96. The number of amides is 2. The normalized spacial score (nSPS) is 23.7. The Hall–Kier alpha value is -2.62. The predicted octanol–water partition coefficient (Wildman–Crippen LogP) is 3.19. The number of hydrogen-bond donors (Lipinski definition) is 2. The largest absolute Gasteiger partial charge is 0.356 e. The maximum Gasteiger partial charge on any atom is 0.323 e. The fourth-order valence-corrected chi connectivity index (χ4v) is 5.60. The highest BCUT2D eigenvalue weighted by atomic mass is 32.1. The second kappa shape index (κ2) is 7.01. The minimum atomic E-state index is -0.0521. The van der Waals surface area contributed by atoms with E-state index < -0.39 is 0 Å². The van der Waals surface area contributed by atoms with Gasteiger partial charge in [-0.3, -0.25) is 10.00 Å². The van der Waals surface area contributed by atoms with Gasteiger partial charge in [0.2, 0.25) is 5.13 Å². The Morgan fingerprint density at radius 2 is 2.17 bits per heavy atom. The zero-order chi connectivity index (χ0) is 20.1. The van der Waals surface area contributed by atoms with Crippen LogP contribution in [0.3, 0.4) is 0 Å². The predicted molar refractivity (Wildman–Crippen MR) is 118 cm³/mol. The van der Waals surface area contributed by atoms with Crippen LogP contribution in [0.2, 0.25) is 0 Å². The summed E-state index contributed by atoms with van der Waals surface area (Å²) in [5, 5.41) is 9.24. The van der Waals surface area contributed by atoms with E-state index in [1.807, 2.05) is 29.7 Å². The molecule has 0 spiro atoms. The van der Waals surface area contributed by atoms with Gasteiger partial charge in [-0.2, -0.15) is 9.47 Å². The van der Waals surface area contributed by atoms with E-state index in [0.29, 0.717) is 23.0 Å². The summed E-state index contributed by atoms with van der Waals surface area (Å²) in [6, 6.07) is 2.51. The molecule has 1 aliphatic heterocycles. The standard InChI is InChI=1S/C19H26N8OS.2H2/c1-4-15-21-18(29-24-15)22-19(28)27-9-11-7-13(8-12(11)10-27)25(2)17-14-5-6-20-16(14)23-26(17)3;;/h5-6,11-13H,4,7-10H2,1-3H3,(H,20,23)(H,21,22,24,28);2*1H/t11-,12+,13?;;. The quantitative estimate of drug-likeness (QED) is 0.678. The molecule has 3 aromatic heterocycles. The van der Waals surface area contributed by atoms with Crippen molar-refractivity contribution in [3.63, 3.8) is 0 Å². The molecular formula is C19H30N8OS. The number of aromatic nitrogens is 5. The molecule has 2 fully saturated rings. The topological polar surface area (TPSA) is 95.0 Å². The van der Waals surface area contributed by atoms with Gasteiger partial charge in [-0.15, -0.1) is 0 Å². The van der Waals surface area contributed by atoms with Gasteiger partial charge in [-0.25, -0.2) is 9.78 Å². The van der Waals surface area contributed by atoms with Crippen LogP contribution in [0, 0.1) is 11.8 Å². The summed E-state index contributed by atoms with van der Waals surface area (Å²) in [4.78, 5) is 24.5. The Morgan fingerprint density at radius 3 is 2.86 bits per heavy atom. The first-order chi connectivity index (χ1) is 14.0. The van der Waals surface area contributed by atoms with Crippen molar-refractivity contribution < 1.29 is 7.65 Å². The highest BCUT2D eigenvalue weighted by Crippen LogP contribution is 2.42. The van der Waals surface area contributed by atoms with Crippen LogP contribution in [0.4, 0.5) is 15.7 Å². The summed E-state index contributed by atoms with van der Waals surface area (Å²) in [5.41, 5.74) is 0.929. The van der Waals surface area contributed by atoms with E-state index in [9.17, 15) is 4.79 Å². The lowest BCUT2D eigenvalue weighted by molar-refractivity contribution is 0.218. The number of nitrogens with one attached hydrogen (secondary N) is 2. The first-order valence-electron chi connectivity index (χ1n) is 10.1. The van der Waals surface area contributed by atoms with Crippen LogP contribution in [0.5, 0.6) is 0 Å². The van der Waals surface area contributed by atoms with Crippen molar-refractivity contribution in [2.45, 2.75) is 32.2 Å². The van der Waals surface area contributed by atoms with Crippen LogP contribution in [-0.4, -0.2) is 61.2 Å². The van der Waals surface area contributed by atoms with Crippen molar-refractivity contribution in [1.82, 2.24) is 29.0 Å². The molecule has 1 saturated carbocycles. The van der Waals surface area contributed by atoms with Crippen LogP contribution in [0.1, 0.15) is 28.4 Å². The number of urea groups is 1. The zero-order valence-corrected chi connectivity index (χ0v) is 17.7. The number of hydrogen-bond acceptors (Lipinski definition) is 6. The molecule has 1 aliphatic carbocycles. The Bertz CT molecular complexity index is 1030. The molecule has 0 bridgehead atoms. The van der Waals surface area contributed by atoms with E-state index in [-0.39, 0.29) is 8.88 Å². The van der Waals surface area contributed by atoms with E-state index in [1.54, 1.807) is 0 Å². The van der Waals surface area contributed by atoms with E-state index >= 15 is 0 Å². The first kappa shape index (κ1) is 18.4. The molecule has 1 saturated heterocycles. The number of H-pyrrole nitrogens is 1. The summed E-state index contributed by atoms with van der Waals surface area (Å²) in [6.07, 6.45) is 4.92. The van der Waals surface area contributed by atoms with Gasteiger partial charge in [0.05, 0.1) is 5.39 Å². The molecule has 5 rings (SSSR count). The van der Waals surface area contributed by atoms with Crippen molar-refractivity contribution in [3.8, 4) is 0 Å². The summed E-state index contributed by atoms with van der Waals surface area (Å²) in [5.74, 6) is 3.03. The molecule has 158 valence electrons. The van der Waals surface area contributed by atoms with Crippen molar-refractivity contribution in [2.75, 3.05) is 30.4 Å². The van der Waals surface area contributed by atoms with Gasteiger partial charge in [0.25, 0.3) is 0 Å². The van der Waals surface area contributed by atoms with Crippen LogP contribution < -0.4 is 10.2 Å². The molecule has 4 heterocycles. The molecule has 2 aliphatic rings. The second-order valence-corrected chi connectivity index (χ2v) is 8.90. The van der Waals surface area contributed by atoms with Gasteiger partial charge in [-0.1, -0.05) is 6.92 Å². The number of likely N-dealkylation sites (tertiary alicyclic amines) is 1. The summed E-state index contributed by atoms with van der Waals surface area (Å²) < 4.78 is 6.19. The minimum absolute atomic E-state index is 0. The maximum atomic E-state index is 12.6. The Balaban J connectivity index is 0.00000136. The third-order valence-electron chi connectivity index (χ3n) is 6.42. The number of anilines is 2. The van der Waals surface area contributed by atoms with Gasteiger partial charge in [0.15, 0.2) is 5.65 Å². The Morgan fingerprint density at radius 1 is 1.41 bits per heavy atom. The third kappa shape index (κ3) is 3.15. The summed E-state index contributed by atoms with van der Waals surface area (Å²) in [6.45, 7) is 3.63. The SMILES string of the molecule is CCc1nsc(NC(=O)N2C[C@H]3CC(N(C)c4c5cc[nH]c5nn4C)C[C@H]3C2)n1.[HH].[HH]. The highest BCUT2D eigenvalue weighted by molar-refractivity contribution is 7.09. The van der Waals surface area contributed by atoms with Crippen molar-refractivity contribution >= 4 is 39.5 Å². The van der Waals surface area contributed by atoms with Gasteiger partial charge < -0.3 is 14.8 Å². The highest BCUT2D eigenvalue weighted by Gasteiger charge is 2.44. The summed E-state index contributed by atoms with van der Waals surface area (Å²) >= 11 is 1.25. The van der Waals surface area contributed by atoms with Gasteiger partial charge >= 0.3 is 6.03 Å². The Kier molecular flexibility index (Phi) is 4.45. The van der Waals surface area contributed by atoms with E-state index in [1.165, 1.54) is 11.5 Å². The van der Waals surface area contributed by atoms with Crippen LogP contribution in [-0.2, 0) is 13.5 Å². The van der Waals surface area contributed by atoms with Crippen LogP contribution in [0.25, 0.3) is 11.0 Å². The lowest BCUT2D eigenvalue weighted by Gasteiger charge is -2.28. The molecular weight excluding hydrogens is 388 g/mol. The molecule has 2 N–H and O–H groups in total. The molecule has 29 heavy (non-hydrogen) atoms. The van der Waals surface area contributed by atoms with Gasteiger partial charge in [0.1, 0.15) is 11.6 Å². The van der Waals surface area contributed by atoms with E-state index in [0.717, 1.165) is 55.0 Å². The molecule has 2 amide bonds. The fraction of sp³-hybridized carbons (Fsp3) is 0.579. The number of aryl methyl sites for hydroxylation is 2. The maximum absolute atomic E-state index is 12.6. The molecule has 3 aromatic rings. The average Bonchev–Trinajstić information content (AvgIpc) is 3.46. The third-order valence-corrected chi connectivity index (χ3v) is 7.08. The summed E-state index contributed by atoms with van der Waals surface area (Å²) in [7, 11) is 4.17. The number of carbonyl (C=O) groups is 1. The molecule has 0 radical (unpaired) electrons. The zero-order valence-electron chi connectivity index (χ0n) is 16.9. The average molecular weight is 419 g/mol. The van der Waals surface area contributed by atoms with Crippen molar-refractivity contribution in [2.24, 2.45) is 18.9 Å². The van der Waals surface area contributed by atoms with Crippen LogP contribution >= 0.6 is 11.5 Å². The van der Waals surface area contributed by atoms with E-state index in [4.69, 9.17) is 0 Å². The van der Waals surface area contributed by atoms with Crippen molar-refractivity contribution in [3.05, 3.63) is 18.1 Å². The smallest absolute Gasteiger partial charge is 0.323 e. The van der Waals surface area contributed by atoms with Crippen molar-refractivity contribution in [1.29, 1.82) is 0 Å². The molecule has 3 atom stereocenters. The molecule has 10 heteroatoms. The monoisotopic (exact) mass is 418 g/mol. The van der Waals surface area contributed by atoms with Crippen LogP contribution in [0.15, 0.2) is 12.3 Å². The number of fused-ring (bicyclic) bond motifs is 2. The number of aromatic amines is 1. The second-order valence-electron chi connectivity index (χ2n) is 8.15. The Labute approximate surface area is 176 Å². The number of rotatable bonds is 4. The van der Waals surface area contributed by atoms with Gasteiger partial charge in [-0.05, 0) is 30.7 Å². The molecule has 9 nitrogen and oxygen atoms in total. The molecule has 1 unspecified atom stereocenters. The molecule has 0 aromatic carbocycles.